The first-order valence-corrected chi connectivity index (χ1v) is 6.20. The molecule has 1 aromatic heterocycles. The topological polar surface area (TPSA) is 71.3 Å². The molecular weight excluding hydrogens is 232 g/mol. The van der Waals surface area contributed by atoms with Gasteiger partial charge in [-0.15, -0.1) is 0 Å². The number of carboxylic acids is 1. The summed E-state index contributed by atoms with van der Waals surface area (Å²) in [5, 5.41) is 11.9. The zero-order valence-electron chi connectivity index (χ0n) is 10.4. The van der Waals surface area contributed by atoms with Gasteiger partial charge in [-0.1, -0.05) is 6.42 Å². The molecule has 0 unspecified atom stereocenters. The summed E-state index contributed by atoms with van der Waals surface area (Å²) in [5.41, 5.74) is 1.01. The monoisotopic (exact) mass is 250 g/mol. The molecule has 2 N–H and O–H groups in total. The smallest absolute Gasteiger partial charge is 0.307 e. The minimum atomic E-state index is -0.855. The van der Waals surface area contributed by atoms with E-state index < -0.39 is 11.9 Å². The number of aryl methyl sites for hydroxylation is 1. The van der Waals surface area contributed by atoms with E-state index >= 15 is 0 Å². The lowest BCUT2D eigenvalue weighted by Crippen LogP contribution is -2.35. The number of aromatic nitrogens is 1. The average molecular weight is 250 g/mol. The summed E-state index contributed by atoms with van der Waals surface area (Å²) in [6.07, 6.45) is 4.02. The van der Waals surface area contributed by atoms with Gasteiger partial charge in [0.1, 0.15) is 0 Å². The van der Waals surface area contributed by atoms with Crippen LogP contribution in [0.3, 0.4) is 0 Å². The minimum Gasteiger partial charge on any atom is -0.481 e. The van der Waals surface area contributed by atoms with E-state index in [9.17, 15) is 9.59 Å². The fourth-order valence-electron chi connectivity index (χ4n) is 2.56. The van der Waals surface area contributed by atoms with Crippen molar-refractivity contribution in [2.45, 2.75) is 25.8 Å². The average Bonchev–Trinajstić information content (AvgIpc) is 2.94. The van der Waals surface area contributed by atoms with Crippen molar-refractivity contribution < 1.29 is 14.7 Å². The normalized spacial score (nSPS) is 22.9. The van der Waals surface area contributed by atoms with E-state index in [1.807, 2.05) is 29.9 Å². The molecule has 0 spiro atoms. The Morgan fingerprint density at radius 2 is 2.17 bits per heavy atom. The Labute approximate surface area is 106 Å². The first-order chi connectivity index (χ1) is 8.59. The predicted molar refractivity (Wildman–Crippen MR) is 65.7 cm³/mol. The first kappa shape index (κ1) is 12.7. The number of amides is 1. The lowest BCUT2D eigenvalue weighted by Gasteiger charge is -2.15. The van der Waals surface area contributed by atoms with Crippen LogP contribution in [-0.4, -0.2) is 21.6 Å². The van der Waals surface area contributed by atoms with E-state index in [0.29, 0.717) is 19.4 Å². The van der Waals surface area contributed by atoms with Crippen molar-refractivity contribution in [2.24, 2.45) is 18.9 Å². The molecule has 0 aromatic carbocycles. The largest absolute Gasteiger partial charge is 0.481 e. The van der Waals surface area contributed by atoms with Crippen molar-refractivity contribution in [1.29, 1.82) is 0 Å². The van der Waals surface area contributed by atoms with Crippen molar-refractivity contribution in [3.05, 3.63) is 24.0 Å². The number of hydrogen-bond acceptors (Lipinski definition) is 2. The highest BCUT2D eigenvalue weighted by molar-refractivity contribution is 5.85. The van der Waals surface area contributed by atoms with Gasteiger partial charge in [-0.05, 0) is 25.0 Å². The van der Waals surface area contributed by atoms with Crippen molar-refractivity contribution in [3.8, 4) is 0 Å². The summed E-state index contributed by atoms with van der Waals surface area (Å²) in [5.74, 6) is -1.88. The Morgan fingerprint density at radius 1 is 1.44 bits per heavy atom. The number of nitrogens with one attached hydrogen (secondary N) is 1. The van der Waals surface area contributed by atoms with Crippen LogP contribution in [0.2, 0.25) is 0 Å². The summed E-state index contributed by atoms with van der Waals surface area (Å²) in [4.78, 5) is 23.0. The molecule has 2 rings (SSSR count). The Bertz CT molecular complexity index is 453. The van der Waals surface area contributed by atoms with E-state index in [4.69, 9.17) is 5.11 Å². The molecular formula is C13H18N2O3. The molecule has 98 valence electrons. The first-order valence-electron chi connectivity index (χ1n) is 6.20. The quantitative estimate of drug-likeness (QED) is 0.841. The van der Waals surface area contributed by atoms with E-state index in [2.05, 4.69) is 5.32 Å². The minimum absolute atomic E-state index is 0.138. The Kier molecular flexibility index (Phi) is 3.69. The zero-order valence-corrected chi connectivity index (χ0v) is 10.4. The number of aliphatic carboxylic acids is 1. The Balaban J connectivity index is 1.92. The molecule has 1 saturated carbocycles. The number of hydrogen-bond donors (Lipinski definition) is 2. The molecule has 2 atom stereocenters. The van der Waals surface area contributed by atoms with Gasteiger partial charge in [-0.25, -0.2) is 0 Å². The molecule has 0 bridgehead atoms. The van der Waals surface area contributed by atoms with E-state index in [1.165, 1.54) is 0 Å². The van der Waals surface area contributed by atoms with E-state index in [1.54, 1.807) is 0 Å². The molecule has 0 aliphatic heterocycles. The molecule has 1 aliphatic rings. The van der Waals surface area contributed by atoms with Gasteiger partial charge < -0.3 is 15.0 Å². The van der Waals surface area contributed by atoms with Gasteiger partial charge in [-0.2, -0.15) is 0 Å². The molecule has 5 heteroatoms. The number of carbonyl (C=O) groups is 2. The van der Waals surface area contributed by atoms with Crippen LogP contribution in [0.15, 0.2) is 18.3 Å². The summed E-state index contributed by atoms with van der Waals surface area (Å²) in [7, 11) is 1.91. The van der Waals surface area contributed by atoms with Crippen molar-refractivity contribution >= 4 is 11.9 Å². The molecule has 1 fully saturated rings. The fourth-order valence-corrected chi connectivity index (χ4v) is 2.56. The zero-order chi connectivity index (χ0) is 13.1. The maximum atomic E-state index is 12.0. The molecule has 0 radical (unpaired) electrons. The van der Waals surface area contributed by atoms with Gasteiger partial charge in [-0.3, -0.25) is 9.59 Å². The van der Waals surface area contributed by atoms with Gasteiger partial charge in [0.05, 0.1) is 18.4 Å². The van der Waals surface area contributed by atoms with E-state index in [-0.39, 0.29) is 11.8 Å². The van der Waals surface area contributed by atoms with Crippen LogP contribution in [-0.2, 0) is 23.2 Å². The van der Waals surface area contributed by atoms with Gasteiger partial charge in [0.15, 0.2) is 0 Å². The molecule has 0 saturated heterocycles. The van der Waals surface area contributed by atoms with Gasteiger partial charge in [0.2, 0.25) is 5.91 Å². The lowest BCUT2D eigenvalue weighted by atomic mass is 9.95. The van der Waals surface area contributed by atoms with Crippen LogP contribution in [0.4, 0.5) is 0 Å². The van der Waals surface area contributed by atoms with Gasteiger partial charge >= 0.3 is 5.97 Å². The summed E-state index contributed by atoms with van der Waals surface area (Å²) >= 11 is 0. The second kappa shape index (κ2) is 5.25. The van der Waals surface area contributed by atoms with Crippen LogP contribution < -0.4 is 5.32 Å². The maximum absolute atomic E-state index is 12.0. The maximum Gasteiger partial charge on any atom is 0.307 e. The highest BCUT2D eigenvalue weighted by atomic mass is 16.4. The standard InChI is InChI=1S/C13H18N2O3/c1-15-7-3-4-9(15)8-14-12(16)10-5-2-6-11(10)13(17)18/h3-4,7,10-11H,2,5-6,8H2,1H3,(H,14,16)(H,17,18)/t10-,11+/m1/s1. The van der Waals surface area contributed by atoms with Crippen molar-refractivity contribution in [1.82, 2.24) is 9.88 Å². The van der Waals surface area contributed by atoms with Crippen LogP contribution >= 0.6 is 0 Å². The third-order valence-corrected chi connectivity index (χ3v) is 3.66. The van der Waals surface area contributed by atoms with Gasteiger partial charge in [0.25, 0.3) is 0 Å². The highest BCUT2D eigenvalue weighted by Crippen LogP contribution is 2.32. The molecule has 5 nitrogen and oxygen atoms in total. The van der Waals surface area contributed by atoms with Crippen LogP contribution in [0.25, 0.3) is 0 Å². The number of nitrogens with zero attached hydrogens (tertiary/aromatic N) is 1. The predicted octanol–water partition coefficient (Wildman–Crippen LogP) is 1.14. The van der Waals surface area contributed by atoms with Crippen LogP contribution in [0.5, 0.6) is 0 Å². The third kappa shape index (κ3) is 2.55. The number of carboxylic acid groups (broad SMARTS) is 1. The SMILES string of the molecule is Cn1cccc1CNC(=O)[C@@H]1CCC[C@@H]1C(=O)O. The molecule has 1 aromatic rings. The summed E-state index contributed by atoms with van der Waals surface area (Å²) in [6, 6.07) is 3.85. The lowest BCUT2D eigenvalue weighted by molar-refractivity contribution is -0.146. The fraction of sp³-hybridized carbons (Fsp3) is 0.538. The Morgan fingerprint density at radius 3 is 2.78 bits per heavy atom. The second-order valence-electron chi connectivity index (χ2n) is 4.81. The molecule has 1 aliphatic carbocycles. The number of carbonyl (C=O) groups excluding carboxylic acids is 1. The van der Waals surface area contributed by atoms with Gasteiger partial charge in [0, 0.05) is 18.9 Å². The van der Waals surface area contributed by atoms with Crippen LogP contribution in [0, 0.1) is 11.8 Å². The molecule has 18 heavy (non-hydrogen) atoms. The molecule has 1 amide bonds. The number of rotatable bonds is 4. The summed E-state index contributed by atoms with van der Waals surface area (Å²) < 4.78 is 1.93. The summed E-state index contributed by atoms with van der Waals surface area (Å²) in [6.45, 7) is 0.450. The van der Waals surface area contributed by atoms with Crippen molar-refractivity contribution in [3.63, 3.8) is 0 Å². The molecule has 1 heterocycles. The highest BCUT2D eigenvalue weighted by Gasteiger charge is 2.37. The van der Waals surface area contributed by atoms with Crippen molar-refractivity contribution in [2.75, 3.05) is 0 Å². The third-order valence-electron chi connectivity index (χ3n) is 3.66. The van der Waals surface area contributed by atoms with E-state index in [0.717, 1.165) is 12.1 Å². The second-order valence-corrected chi connectivity index (χ2v) is 4.81. The Hall–Kier alpha value is -1.78. The van der Waals surface area contributed by atoms with Crippen LogP contribution in [0.1, 0.15) is 25.0 Å².